The molecule has 0 aliphatic rings. The van der Waals surface area contributed by atoms with E-state index in [1.165, 1.54) is 0 Å². The lowest BCUT2D eigenvalue weighted by Gasteiger charge is -2.22. The maximum atomic E-state index is 12.7. The van der Waals surface area contributed by atoms with Gasteiger partial charge in [0.25, 0.3) is 5.91 Å². The van der Waals surface area contributed by atoms with Crippen LogP contribution < -0.4 is 10.1 Å². The Kier molecular flexibility index (Phi) is 6.24. The molecular formula is C22H29NO2. The van der Waals surface area contributed by atoms with E-state index in [0.717, 1.165) is 22.4 Å². The highest BCUT2D eigenvalue weighted by atomic mass is 16.5. The maximum Gasteiger partial charge on any atom is 0.265 e. The number of hydrogen-bond acceptors (Lipinski definition) is 2. The van der Waals surface area contributed by atoms with Crippen LogP contribution in [0.1, 0.15) is 63.1 Å². The molecule has 3 heteroatoms. The van der Waals surface area contributed by atoms with Gasteiger partial charge in [-0.1, -0.05) is 63.6 Å². The molecule has 0 saturated heterocycles. The smallest absolute Gasteiger partial charge is 0.265 e. The van der Waals surface area contributed by atoms with Crippen molar-refractivity contribution in [2.75, 3.05) is 5.32 Å². The van der Waals surface area contributed by atoms with Crippen molar-refractivity contribution in [2.45, 2.75) is 59.5 Å². The van der Waals surface area contributed by atoms with Gasteiger partial charge in [0.2, 0.25) is 0 Å². The highest BCUT2D eigenvalue weighted by Crippen LogP contribution is 2.32. The van der Waals surface area contributed by atoms with E-state index in [2.05, 4.69) is 51.2 Å². The van der Waals surface area contributed by atoms with Gasteiger partial charge in [-0.2, -0.15) is 0 Å². The normalized spacial score (nSPS) is 12.3. The minimum atomic E-state index is -0.567. The Morgan fingerprint density at radius 2 is 1.40 bits per heavy atom. The van der Waals surface area contributed by atoms with Crippen molar-refractivity contribution in [3.63, 3.8) is 0 Å². The summed E-state index contributed by atoms with van der Waals surface area (Å²) in [5.41, 5.74) is 4.40. The summed E-state index contributed by atoms with van der Waals surface area (Å²) in [6.07, 6.45) is -0.567. The lowest BCUT2D eigenvalue weighted by atomic mass is 9.92. The second kappa shape index (κ2) is 8.19. The number of rotatable bonds is 6. The first-order chi connectivity index (χ1) is 11.8. The van der Waals surface area contributed by atoms with Gasteiger partial charge < -0.3 is 10.1 Å². The Labute approximate surface area is 151 Å². The first-order valence-corrected chi connectivity index (χ1v) is 8.96. The molecule has 2 aromatic carbocycles. The number of nitrogens with one attached hydrogen (secondary N) is 1. The van der Waals surface area contributed by atoms with Crippen LogP contribution in [0.15, 0.2) is 42.5 Å². The Bertz CT molecular complexity index is 691. The van der Waals surface area contributed by atoms with Gasteiger partial charge in [-0.05, 0) is 48.9 Å². The molecule has 0 saturated carbocycles. The lowest BCUT2D eigenvalue weighted by Crippen LogP contribution is -2.31. The van der Waals surface area contributed by atoms with Crippen LogP contribution in [-0.4, -0.2) is 12.0 Å². The number of ether oxygens (including phenoxy) is 1. The fourth-order valence-corrected chi connectivity index (χ4v) is 2.79. The minimum absolute atomic E-state index is 0.129. The van der Waals surface area contributed by atoms with Gasteiger partial charge >= 0.3 is 0 Å². The molecule has 3 nitrogen and oxygen atoms in total. The number of aryl methyl sites for hydroxylation is 1. The standard InChI is InChI=1S/C22H29NO2/c1-14(2)19-8-7-9-20(15(3)4)21(19)23-22(24)17(6)25-18-12-10-16(5)11-13-18/h7-15,17H,1-6H3,(H,23,24)/t17-/m1/s1. The van der Waals surface area contributed by atoms with E-state index < -0.39 is 6.10 Å². The molecule has 134 valence electrons. The molecule has 0 heterocycles. The topological polar surface area (TPSA) is 38.3 Å². The van der Waals surface area contributed by atoms with Crippen molar-refractivity contribution >= 4 is 11.6 Å². The zero-order valence-electron chi connectivity index (χ0n) is 16.1. The van der Waals surface area contributed by atoms with Gasteiger partial charge in [0.15, 0.2) is 6.10 Å². The third kappa shape index (κ3) is 4.85. The molecule has 1 atom stereocenters. The summed E-state index contributed by atoms with van der Waals surface area (Å²) in [5, 5.41) is 3.11. The summed E-state index contributed by atoms with van der Waals surface area (Å²) in [5.74, 6) is 1.25. The van der Waals surface area contributed by atoms with Crippen molar-refractivity contribution in [3.05, 3.63) is 59.2 Å². The van der Waals surface area contributed by atoms with Gasteiger partial charge in [0, 0.05) is 5.69 Å². The van der Waals surface area contributed by atoms with Gasteiger partial charge in [0.05, 0.1) is 0 Å². The van der Waals surface area contributed by atoms with Crippen molar-refractivity contribution in [1.82, 2.24) is 0 Å². The molecular weight excluding hydrogens is 310 g/mol. The summed E-state index contributed by atoms with van der Waals surface area (Å²) >= 11 is 0. The summed E-state index contributed by atoms with van der Waals surface area (Å²) in [6.45, 7) is 12.4. The third-order valence-electron chi connectivity index (χ3n) is 4.32. The first-order valence-electron chi connectivity index (χ1n) is 8.96. The van der Waals surface area contributed by atoms with Crippen LogP contribution in [0.5, 0.6) is 5.75 Å². The number of anilines is 1. The number of amides is 1. The quantitative estimate of drug-likeness (QED) is 0.739. The number of carbonyl (C=O) groups excluding carboxylic acids is 1. The molecule has 1 amide bonds. The first kappa shape index (κ1) is 19.0. The van der Waals surface area contributed by atoms with Crippen molar-refractivity contribution < 1.29 is 9.53 Å². The van der Waals surface area contributed by atoms with Crippen LogP contribution in [0.2, 0.25) is 0 Å². The van der Waals surface area contributed by atoms with Crippen LogP contribution in [0.25, 0.3) is 0 Å². The maximum absolute atomic E-state index is 12.7. The fraction of sp³-hybridized carbons (Fsp3) is 0.409. The summed E-state index contributed by atoms with van der Waals surface area (Å²) < 4.78 is 5.79. The zero-order valence-corrected chi connectivity index (χ0v) is 16.1. The van der Waals surface area contributed by atoms with Gasteiger partial charge in [-0.25, -0.2) is 0 Å². The third-order valence-corrected chi connectivity index (χ3v) is 4.32. The summed E-state index contributed by atoms with van der Waals surface area (Å²) in [6, 6.07) is 14.0. The molecule has 0 spiro atoms. The molecule has 2 aromatic rings. The van der Waals surface area contributed by atoms with Crippen LogP contribution in [0.4, 0.5) is 5.69 Å². The SMILES string of the molecule is Cc1ccc(O[C@H](C)C(=O)Nc2c(C(C)C)cccc2C(C)C)cc1. The molecule has 0 fully saturated rings. The van der Waals surface area contributed by atoms with Crippen LogP contribution in [-0.2, 0) is 4.79 Å². The van der Waals surface area contributed by atoms with Gasteiger partial charge in [0.1, 0.15) is 5.75 Å². The number of hydrogen-bond donors (Lipinski definition) is 1. The van der Waals surface area contributed by atoms with E-state index in [-0.39, 0.29) is 5.91 Å². The Hall–Kier alpha value is -2.29. The average molecular weight is 339 g/mol. The van der Waals surface area contributed by atoms with E-state index in [1.807, 2.05) is 31.2 Å². The van der Waals surface area contributed by atoms with E-state index in [1.54, 1.807) is 6.92 Å². The van der Waals surface area contributed by atoms with Crippen molar-refractivity contribution in [2.24, 2.45) is 0 Å². The predicted octanol–water partition coefficient (Wildman–Crippen LogP) is 5.65. The van der Waals surface area contributed by atoms with Crippen molar-refractivity contribution in [1.29, 1.82) is 0 Å². The molecule has 2 rings (SSSR count). The van der Waals surface area contributed by atoms with E-state index in [4.69, 9.17) is 4.74 Å². The average Bonchev–Trinajstić information content (AvgIpc) is 2.56. The Morgan fingerprint density at radius 3 is 1.88 bits per heavy atom. The highest BCUT2D eigenvalue weighted by molar-refractivity contribution is 5.95. The van der Waals surface area contributed by atoms with Gasteiger partial charge in [-0.15, -0.1) is 0 Å². The monoisotopic (exact) mass is 339 g/mol. The molecule has 0 radical (unpaired) electrons. The molecule has 1 N–H and O–H groups in total. The van der Waals surface area contributed by atoms with Crippen LogP contribution >= 0.6 is 0 Å². The van der Waals surface area contributed by atoms with Gasteiger partial charge in [-0.3, -0.25) is 4.79 Å². The van der Waals surface area contributed by atoms with E-state index >= 15 is 0 Å². The highest BCUT2D eigenvalue weighted by Gasteiger charge is 2.20. The molecule has 0 bridgehead atoms. The summed E-state index contributed by atoms with van der Waals surface area (Å²) in [7, 11) is 0. The second-order valence-corrected chi connectivity index (χ2v) is 7.18. The zero-order chi connectivity index (χ0) is 18.6. The number of para-hydroxylation sites is 1. The molecule has 0 aromatic heterocycles. The lowest BCUT2D eigenvalue weighted by molar-refractivity contribution is -0.122. The largest absolute Gasteiger partial charge is 0.481 e. The predicted molar refractivity (Wildman–Crippen MR) is 105 cm³/mol. The summed E-state index contributed by atoms with van der Waals surface area (Å²) in [4.78, 5) is 12.7. The fourth-order valence-electron chi connectivity index (χ4n) is 2.79. The molecule has 0 aliphatic carbocycles. The molecule has 25 heavy (non-hydrogen) atoms. The van der Waals surface area contributed by atoms with Crippen LogP contribution in [0, 0.1) is 6.92 Å². The van der Waals surface area contributed by atoms with Crippen LogP contribution in [0.3, 0.4) is 0 Å². The minimum Gasteiger partial charge on any atom is -0.481 e. The molecule has 0 aliphatic heterocycles. The van der Waals surface area contributed by atoms with Crippen molar-refractivity contribution in [3.8, 4) is 5.75 Å². The molecule has 0 unspecified atom stereocenters. The number of carbonyl (C=O) groups is 1. The van der Waals surface area contributed by atoms with E-state index in [0.29, 0.717) is 17.6 Å². The second-order valence-electron chi connectivity index (χ2n) is 7.18. The Balaban J connectivity index is 2.20. The Morgan fingerprint density at radius 1 is 0.880 bits per heavy atom. The number of benzene rings is 2. The van der Waals surface area contributed by atoms with E-state index in [9.17, 15) is 4.79 Å².